The number of nitrogens with two attached hydrogens (primary N) is 1. The van der Waals surface area contributed by atoms with E-state index < -0.39 is 8.07 Å². The van der Waals surface area contributed by atoms with Crippen LogP contribution in [0, 0.1) is 0 Å². The second-order valence-corrected chi connectivity index (χ2v) is 17.6. The minimum Gasteiger partial charge on any atom is -0.383 e. The summed E-state index contributed by atoms with van der Waals surface area (Å²) in [6, 6.07) is 6.91. The Bertz CT molecular complexity index is 1390. The molecule has 1 aliphatic carbocycles. The molecule has 9 nitrogen and oxygen atoms in total. The Kier molecular flexibility index (Phi) is 6.54. The summed E-state index contributed by atoms with van der Waals surface area (Å²) in [6.07, 6.45) is 2.40. The molecule has 0 bridgehead atoms. The lowest BCUT2D eigenvalue weighted by molar-refractivity contribution is 0.0311. The first-order valence-electron chi connectivity index (χ1n) is 13.5. The molecule has 5 heterocycles. The van der Waals surface area contributed by atoms with E-state index in [-0.39, 0.29) is 18.7 Å². The lowest BCUT2D eigenvalue weighted by atomic mass is 10.0. The third kappa shape index (κ3) is 4.74. The van der Waals surface area contributed by atoms with Crippen LogP contribution in [0.3, 0.4) is 0 Å². The molecule has 1 atom stereocenters. The number of anilines is 1. The van der Waals surface area contributed by atoms with E-state index in [0.29, 0.717) is 56.0 Å². The van der Waals surface area contributed by atoms with Crippen LogP contribution in [0.4, 0.5) is 5.82 Å². The minimum absolute atomic E-state index is 0.115. The molecule has 1 amide bonds. The minimum atomic E-state index is -1.25. The fourth-order valence-electron chi connectivity index (χ4n) is 5.40. The first kappa shape index (κ1) is 25.5. The number of nitrogens with zero attached hydrogens (tertiary/aromatic N) is 4. The number of hydrogen-bond donors (Lipinski definition) is 1. The van der Waals surface area contributed by atoms with Crippen molar-refractivity contribution in [3.05, 3.63) is 52.0 Å². The number of carbonyl (C=O) groups is 1. The highest BCUT2D eigenvalue weighted by Crippen LogP contribution is 2.40. The van der Waals surface area contributed by atoms with Gasteiger partial charge in [0.05, 0.1) is 49.2 Å². The molecule has 2 aliphatic heterocycles. The zero-order valence-corrected chi connectivity index (χ0v) is 23.7. The molecule has 3 aliphatic rings. The van der Waals surface area contributed by atoms with Gasteiger partial charge in [-0.25, -0.2) is 4.98 Å². The Hall–Kier alpha value is -2.79. The van der Waals surface area contributed by atoms with Crippen LogP contribution in [0.25, 0.3) is 11.0 Å². The fourth-order valence-corrected chi connectivity index (χ4v) is 6.16. The standard InChI is InChI=1S/C28H37N5O4Si/c1-32(25-15-37-14-23-18(25)7-8-21(30-23)17-5-6-17)28(34)24-11-22-26(19-12-36-13-20(19)27(29)31-22)33(24)16-35-9-10-38(2,3)4/h7-8,11,17,25H,5-6,9-10,12-16H2,1-4H3,(H2,29,31). The van der Waals surface area contributed by atoms with Gasteiger partial charge in [0.25, 0.3) is 5.91 Å². The number of pyridine rings is 2. The largest absolute Gasteiger partial charge is 0.383 e. The molecule has 0 saturated heterocycles. The summed E-state index contributed by atoms with van der Waals surface area (Å²) in [5.74, 6) is 0.916. The van der Waals surface area contributed by atoms with Crippen molar-refractivity contribution in [1.29, 1.82) is 0 Å². The van der Waals surface area contributed by atoms with E-state index in [9.17, 15) is 4.79 Å². The summed E-state index contributed by atoms with van der Waals surface area (Å²) < 4.78 is 19.8. The number of rotatable bonds is 8. The van der Waals surface area contributed by atoms with Gasteiger partial charge in [-0.15, -0.1) is 0 Å². The van der Waals surface area contributed by atoms with Crippen molar-refractivity contribution >= 4 is 30.8 Å². The molecule has 1 fully saturated rings. The van der Waals surface area contributed by atoms with E-state index in [2.05, 4.69) is 36.8 Å². The Morgan fingerprint density at radius 3 is 2.71 bits per heavy atom. The molecule has 0 spiro atoms. The molecular formula is C28H37N5O4Si. The Balaban J connectivity index is 1.34. The number of nitrogen functional groups attached to an aromatic ring is 1. The topological polar surface area (TPSA) is 105 Å². The van der Waals surface area contributed by atoms with E-state index in [1.165, 1.54) is 12.8 Å². The van der Waals surface area contributed by atoms with E-state index in [0.717, 1.165) is 39.6 Å². The van der Waals surface area contributed by atoms with Gasteiger partial charge in [0.1, 0.15) is 18.2 Å². The van der Waals surface area contributed by atoms with Crippen LogP contribution in [0.5, 0.6) is 0 Å². The number of amides is 1. The lowest BCUT2D eigenvalue weighted by Crippen LogP contribution is -2.37. The summed E-state index contributed by atoms with van der Waals surface area (Å²) in [5.41, 5.74) is 13.4. The third-order valence-corrected chi connectivity index (χ3v) is 9.60. The van der Waals surface area contributed by atoms with Crippen LogP contribution in [0.15, 0.2) is 18.2 Å². The van der Waals surface area contributed by atoms with Crippen LogP contribution in [0.1, 0.15) is 63.4 Å². The predicted molar refractivity (Wildman–Crippen MR) is 147 cm³/mol. The molecule has 10 heteroatoms. The van der Waals surface area contributed by atoms with Crippen molar-refractivity contribution in [2.75, 3.05) is 26.0 Å². The molecule has 38 heavy (non-hydrogen) atoms. The smallest absolute Gasteiger partial charge is 0.270 e. The highest BCUT2D eigenvalue weighted by molar-refractivity contribution is 6.76. The van der Waals surface area contributed by atoms with E-state index in [1.54, 1.807) is 4.90 Å². The van der Waals surface area contributed by atoms with Crippen LogP contribution >= 0.6 is 0 Å². The number of ether oxygens (including phenoxy) is 3. The van der Waals surface area contributed by atoms with E-state index in [1.807, 2.05) is 17.7 Å². The number of aromatic nitrogens is 3. The highest BCUT2D eigenvalue weighted by atomic mass is 28.3. The third-order valence-electron chi connectivity index (χ3n) is 7.89. The van der Waals surface area contributed by atoms with E-state index in [4.69, 9.17) is 24.9 Å². The fraction of sp³-hybridized carbons (Fsp3) is 0.536. The average Bonchev–Trinajstić information content (AvgIpc) is 3.51. The van der Waals surface area contributed by atoms with Gasteiger partial charge in [0, 0.05) is 50.0 Å². The average molecular weight is 536 g/mol. The van der Waals surface area contributed by atoms with Gasteiger partial charge in [-0.2, -0.15) is 0 Å². The Morgan fingerprint density at radius 2 is 1.95 bits per heavy atom. The molecule has 3 aromatic rings. The molecule has 3 aromatic heterocycles. The summed E-state index contributed by atoms with van der Waals surface area (Å²) in [7, 11) is 0.585. The zero-order valence-electron chi connectivity index (χ0n) is 22.7. The quantitative estimate of drug-likeness (QED) is 0.333. The van der Waals surface area contributed by atoms with Crippen LogP contribution in [0.2, 0.25) is 25.7 Å². The Labute approximate surface area is 224 Å². The van der Waals surface area contributed by atoms with Crippen molar-refractivity contribution in [3.63, 3.8) is 0 Å². The Morgan fingerprint density at radius 1 is 1.16 bits per heavy atom. The molecule has 202 valence electrons. The van der Waals surface area contributed by atoms with Crippen LogP contribution in [-0.2, 0) is 40.8 Å². The van der Waals surface area contributed by atoms with Gasteiger partial charge in [-0.1, -0.05) is 25.7 Å². The first-order valence-corrected chi connectivity index (χ1v) is 17.2. The summed E-state index contributed by atoms with van der Waals surface area (Å²) >= 11 is 0. The van der Waals surface area contributed by atoms with Crippen LogP contribution < -0.4 is 5.73 Å². The molecule has 0 aromatic carbocycles. The summed E-state index contributed by atoms with van der Waals surface area (Å²) in [5, 5.41) is 0. The summed E-state index contributed by atoms with van der Waals surface area (Å²) in [6.45, 7) is 9.69. The van der Waals surface area contributed by atoms with Crippen molar-refractivity contribution in [1.82, 2.24) is 19.4 Å². The maximum absolute atomic E-state index is 14.1. The van der Waals surface area contributed by atoms with E-state index >= 15 is 0 Å². The van der Waals surface area contributed by atoms with Gasteiger partial charge >= 0.3 is 0 Å². The van der Waals surface area contributed by atoms with Crippen molar-refractivity contribution in [2.24, 2.45) is 0 Å². The van der Waals surface area contributed by atoms with Gasteiger partial charge in [-0.05, 0) is 31.0 Å². The number of fused-ring (bicyclic) bond motifs is 4. The summed E-state index contributed by atoms with van der Waals surface area (Å²) in [4.78, 5) is 25.4. The molecule has 6 rings (SSSR count). The second-order valence-electron chi connectivity index (χ2n) is 12.0. The predicted octanol–water partition coefficient (Wildman–Crippen LogP) is 4.58. The lowest BCUT2D eigenvalue weighted by Gasteiger charge is -2.33. The van der Waals surface area contributed by atoms with Gasteiger partial charge in [-0.3, -0.25) is 9.78 Å². The second kappa shape index (κ2) is 9.75. The van der Waals surface area contributed by atoms with Gasteiger partial charge < -0.3 is 29.4 Å². The first-order chi connectivity index (χ1) is 18.2. The SMILES string of the molecule is CN(C(=O)c1cc2nc(N)c3c(c2n1COCC[Si](C)(C)C)COC3)C1COCc2nc(C3CC3)ccc21. The molecule has 0 radical (unpaired) electrons. The normalized spacial score (nSPS) is 19.0. The molecule has 2 N–H and O–H groups in total. The zero-order chi connectivity index (χ0) is 26.6. The van der Waals surface area contributed by atoms with Crippen molar-refractivity contribution < 1.29 is 19.0 Å². The highest BCUT2D eigenvalue weighted by Gasteiger charge is 2.33. The maximum Gasteiger partial charge on any atom is 0.270 e. The van der Waals surface area contributed by atoms with Gasteiger partial charge in [0.15, 0.2) is 0 Å². The number of carbonyl (C=O) groups excluding carboxylic acids is 1. The molecular weight excluding hydrogens is 498 g/mol. The molecule has 1 saturated carbocycles. The van der Waals surface area contributed by atoms with Gasteiger partial charge in [0.2, 0.25) is 0 Å². The number of likely N-dealkylation sites (N-methyl/N-ethyl adjacent to an activating group) is 1. The maximum atomic E-state index is 14.1. The monoisotopic (exact) mass is 535 g/mol. The molecule has 1 unspecified atom stereocenters. The van der Waals surface area contributed by atoms with Crippen molar-refractivity contribution in [3.8, 4) is 0 Å². The number of hydrogen-bond acceptors (Lipinski definition) is 7. The van der Waals surface area contributed by atoms with Crippen LogP contribution in [-0.4, -0.2) is 53.7 Å². The van der Waals surface area contributed by atoms with Crippen molar-refractivity contribution in [2.45, 2.75) is 77.0 Å².